The molecule has 0 aromatic heterocycles. The molecule has 1 atom stereocenters. The topological polar surface area (TPSA) is 43.4 Å². The minimum atomic E-state index is -3.84. The van der Waals surface area contributed by atoms with E-state index >= 15 is 0 Å². The van der Waals surface area contributed by atoms with Gasteiger partial charge >= 0.3 is 0 Å². The summed E-state index contributed by atoms with van der Waals surface area (Å²) in [6.45, 7) is 1.96. The molecule has 3 nitrogen and oxygen atoms in total. The molecule has 4 rings (SSSR count). The summed E-state index contributed by atoms with van der Waals surface area (Å²) in [5, 5.41) is 0. The van der Waals surface area contributed by atoms with Gasteiger partial charge < -0.3 is 0 Å². The van der Waals surface area contributed by atoms with Crippen LogP contribution in [0.5, 0.6) is 0 Å². The van der Waals surface area contributed by atoms with E-state index in [-0.39, 0.29) is 17.4 Å². The molecule has 28 heavy (non-hydrogen) atoms. The molecule has 0 spiro atoms. The number of benzene rings is 3. The van der Waals surface area contributed by atoms with Gasteiger partial charge in [0.05, 0.1) is 11.5 Å². The Morgan fingerprint density at radius 1 is 0.893 bits per heavy atom. The van der Waals surface area contributed by atoms with Gasteiger partial charge in [-0.05, 0) is 53.4 Å². The zero-order valence-electron chi connectivity index (χ0n) is 15.3. The van der Waals surface area contributed by atoms with Crippen LogP contribution in [0.3, 0.4) is 0 Å². The Hall–Kier alpha value is -2.21. The van der Waals surface area contributed by atoms with Gasteiger partial charge in [0.25, 0.3) is 10.1 Å². The zero-order chi connectivity index (χ0) is 19.7. The fourth-order valence-electron chi connectivity index (χ4n) is 3.44. The van der Waals surface area contributed by atoms with Crippen LogP contribution in [0.15, 0.2) is 76.1 Å². The number of fused-ring (bicyclic) bond motifs is 2. The summed E-state index contributed by atoms with van der Waals surface area (Å²) in [6.07, 6.45) is 4.13. The van der Waals surface area contributed by atoms with Crippen molar-refractivity contribution in [2.24, 2.45) is 0 Å². The van der Waals surface area contributed by atoms with Crippen LogP contribution >= 0.6 is 15.9 Å². The highest BCUT2D eigenvalue weighted by atomic mass is 79.9. The van der Waals surface area contributed by atoms with Gasteiger partial charge in [-0.25, -0.2) is 0 Å². The van der Waals surface area contributed by atoms with Crippen molar-refractivity contribution >= 4 is 38.2 Å². The molecule has 0 aliphatic heterocycles. The van der Waals surface area contributed by atoms with Crippen molar-refractivity contribution in [2.45, 2.75) is 17.7 Å². The third kappa shape index (κ3) is 3.83. The van der Waals surface area contributed by atoms with Gasteiger partial charge in [0.15, 0.2) is 0 Å². The molecule has 0 radical (unpaired) electrons. The van der Waals surface area contributed by atoms with Gasteiger partial charge in [0.1, 0.15) is 0 Å². The van der Waals surface area contributed by atoms with Crippen molar-refractivity contribution in [1.82, 2.24) is 0 Å². The molecule has 0 amide bonds. The SMILES string of the molecule is Cc1ccc(S(=O)(=O)OCC2c3ccccc3C=Cc3ccc(Br)cc32)cc1. The predicted octanol–water partition coefficient (Wildman–Crippen LogP) is 5.78. The van der Waals surface area contributed by atoms with E-state index in [1.54, 1.807) is 24.3 Å². The highest BCUT2D eigenvalue weighted by Crippen LogP contribution is 2.36. The maximum atomic E-state index is 12.7. The molecule has 1 aliphatic rings. The fourth-order valence-corrected chi connectivity index (χ4v) is 4.74. The summed E-state index contributed by atoms with van der Waals surface area (Å²) >= 11 is 3.53. The monoisotopic (exact) mass is 454 g/mol. The number of hydrogen-bond donors (Lipinski definition) is 0. The average molecular weight is 455 g/mol. The molecule has 0 saturated heterocycles. The molecule has 142 valence electrons. The molecular formula is C23H19BrO3S. The Kier molecular flexibility index (Phi) is 5.23. The highest BCUT2D eigenvalue weighted by molar-refractivity contribution is 9.10. The van der Waals surface area contributed by atoms with Crippen molar-refractivity contribution in [2.75, 3.05) is 6.61 Å². The summed E-state index contributed by atoms with van der Waals surface area (Å²) in [7, 11) is -3.84. The van der Waals surface area contributed by atoms with Crippen molar-refractivity contribution in [3.05, 3.63) is 99.0 Å². The molecule has 0 heterocycles. The Morgan fingerprint density at radius 3 is 2.32 bits per heavy atom. The summed E-state index contributed by atoms with van der Waals surface area (Å²) in [5.41, 5.74) is 5.21. The molecule has 3 aromatic carbocycles. The summed E-state index contributed by atoms with van der Waals surface area (Å²) in [4.78, 5) is 0.174. The number of rotatable bonds is 4. The molecule has 0 saturated carbocycles. The van der Waals surface area contributed by atoms with E-state index in [2.05, 4.69) is 28.1 Å². The first-order chi connectivity index (χ1) is 13.4. The van der Waals surface area contributed by atoms with Gasteiger partial charge in [-0.2, -0.15) is 8.42 Å². The van der Waals surface area contributed by atoms with E-state index in [1.165, 1.54) is 0 Å². The highest BCUT2D eigenvalue weighted by Gasteiger charge is 2.25. The van der Waals surface area contributed by atoms with E-state index in [1.807, 2.05) is 49.4 Å². The van der Waals surface area contributed by atoms with Gasteiger partial charge in [-0.1, -0.05) is 76.1 Å². The molecule has 1 unspecified atom stereocenters. The Labute approximate surface area is 173 Å². The second-order valence-corrected chi connectivity index (χ2v) is 9.37. The van der Waals surface area contributed by atoms with Gasteiger partial charge in [0.2, 0.25) is 0 Å². The van der Waals surface area contributed by atoms with Crippen molar-refractivity contribution < 1.29 is 12.6 Å². The second-order valence-electron chi connectivity index (χ2n) is 6.84. The molecule has 0 N–H and O–H groups in total. The second kappa shape index (κ2) is 7.66. The smallest absolute Gasteiger partial charge is 0.265 e. The number of halogens is 1. The van der Waals surface area contributed by atoms with Crippen LogP contribution in [0.25, 0.3) is 12.2 Å². The molecule has 5 heteroatoms. The van der Waals surface area contributed by atoms with Gasteiger partial charge in [-0.3, -0.25) is 4.18 Å². The third-order valence-corrected chi connectivity index (χ3v) is 6.73. The van der Waals surface area contributed by atoms with Crippen LogP contribution in [-0.4, -0.2) is 15.0 Å². The van der Waals surface area contributed by atoms with Crippen LogP contribution in [0.1, 0.15) is 33.7 Å². The molecule has 3 aromatic rings. The van der Waals surface area contributed by atoms with Gasteiger partial charge in [0, 0.05) is 10.4 Å². The quantitative estimate of drug-likeness (QED) is 0.469. The summed E-state index contributed by atoms with van der Waals surface area (Å²) < 4.78 is 31.9. The zero-order valence-corrected chi connectivity index (χ0v) is 17.7. The maximum Gasteiger partial charge on any atom is 0.297 e. The normalized spacial score (nSPS) is 15.6. The van der Waals surface area contributed by atoms with E-state index in [9.17, 15) is 8.42 Å². The van der Waals surface area contributed by atoms with Gasteiger partial charge in [-0.15, -0.1) is 0 Å². The van der Waals surface area contributed by atoms with E-state index in [0.717, 1.165) is 32.3 Å². The van der Waals surface area contributed by atoms with Crippen molar-refractivity contribution in [3.63, 3.8) is 0 Å². The first kappa shape index (κ1) is 19.1. The maximum absolute atomic E-state index is 12.7. The lowest BCUT2D eigenvalue weighted by Gasteiger charge is -2.20. The summed E-state index contributed by atoms with van der Waals surface area (Å²) in [6, 6.07) is 20.8. The largest absolute Gasteiger partial charge is 0.297 e. The Bertz CT molecular complexity index is 1150. The summed E-state index contributed by atoms with van der Waals surface area (Å²) in [5.74, 6) is -0.195. The Balaban J connectivity index is 1.72. The Morgan fingerprint density at radius 2 is 1.57 bits per heavy atom. The average Bonchev–Trinajstić information content (AvgIpc) is 2.83. The first-order valence-corrected chi connectivity index (χ1v) is 11.2. The van der Waals surface area contributed by atoms with Crippen LogP contribution in [0.4, 0.5) is 0 Å². The van der Waals surface area contributed by atoms with E-state index in [0.29, 0.717) is 0 Å². The van der Waals surface area contributed by atoms with Crippen LogP contribution in [0, 0.1) is 6.92 Å². The van der Waals surface area contributed by atoms with E-state index in [4.69, 9.17) is 4.18 Å². The number of aryl methyl sites for hydroxylation is 1. The lowest BCUT2D eigenvalue weighted by molar-refractivity contribution is 0.305. The lowest BCUT2D eigenvalue weighted by atomic mass is 9.88. The molecular weight excluding hydrogens is 436 g/mol. The molecule has 0 fully saturated rings. The first-order valence-electron chi connectivity index (χ1n) is 8.96. The predicted molar refractivity (Wildman–Crippen MR) is 116 cm³/mol. The van der Waals surface area contributed by atoms with Crippen molar-refractivity contribution in [1.29, 1.82) is 0 Å². The van der Waals surface area contributed by atoms with Crippen molar-refractivity contribution in [3.8, 4) is 0 Å². The van der Waals surface area contributed by atoms with Crippen LogP contribution < -0.4 is 0 Å². The third-order valence-electron chi connectivity index (χ3n) is 4.94. The lowest BCUT2D eigenvalue weighted by Crippen LogP contribution is -2.16. The minimum Gasteiger partial charge on any atom is -0.265 e. The van der Waals surface area contributed by atoms with E-state index < -0.39 is 10.1 Å². The molecule has 1 aliphatic carbocycles. The fraction of sp³-hybridized carbons (Fsp3) is 0.130. The minimum absolute atomic E-state index is 0.0400. The number of hydrogen-bond acceptors (Lipinski definition) is 3. The van der Waals surface area contributed by atoms with Crippen LogP contribution in [0.2, 0.25) is 0 Å². The standard InChI is InChI=1S/C23H19BrO3S/c1-16-6-12-20(13-7-16)28(25,26)27-15-23-21-5-3-2-4-17(21)8-9-18-10-11-19(24)14-22(18)23/h2-14,23H,15H2,1H3. The van der Waals surface area contributed by atoms with Crippen LogP contribution in [-0.2, 0) is 14.3 Å². The molecule has 0 bridgehead atoms.